The van der Waals surface area contributed by atoms with Gasteiger partial charge in [-0.3, -0.25) is 0 Å². The van der Waals surface area contributed by atoms with Crippen LogP contribution in [0, 0.1) is 11.8 Å². The summed E-state index contributed by atoms with van der Waals surface area (Å²) >= 11 is 0. The van der Waals surface area contributed by atoms with Crippen LogP contribution in [-0.4, -0.2) is 52.1 Å². The molecule has 3 fully saturated rings. The monoisotopic (exact) mass is 294 g/mol. The van der Waals surface area contributed by atoms with E-state index in [2.05, 4.69) is 6.92 Å². The van der Waals surface area contributed by atoms with Gasteiger partial charge in [-0.25, -0.2) is 9.59 Å². The minimum Gasteiger partial charge on any atom is -0.480 e. The molecule has 0 aromatic rings. The Morgan fingerprint density at radius 1 is 1.24 bits per heavy atom. The highest BCUT2D eigenvalue weighted by atomic mass is 16.4. The Kier molecular flexibility index (Phi) is 4.09. The van der Waals surface area contributed by atoms with E-state index in [-0.39, 0.29) is 11.9 Å². The molecule has 0 bridgehead atoms. The number of urea groups is 1. The van der Waals surface area contributed by atoms with Crippen molar-refractivity contribution in [3.63, 3.8) is 0 Å². The van der Waals surface area contributed by atoms with E-state index in [0.717, 1.165) is 51.5 Å². The van der Waals surface area contributed by atoms with E-state index in [9.17, 15) is 14.7 Å². The summed E-state index contributed by atoms with van der Waals surface area (Å²) in [5.41, 5.74) is 0. The molecule has 0 spiro atoms. The first kappa shape index (κ1) is 14.7. The molecule has 3 rings (SSSR count). The van der Waals surface area contributed by atoms with Gasteiger partial charge in [-0.1, -0.05) is 19.8 Å². The van der Waals surface area contributed by atoms with Gasteiger partial charge in [0.05, 0.1) is 0 Å². The standard InChI is InChI=1S/C16H26N2O3/c1-2-3-9-17(12-7-8-12)16(21)18-10-11-5-4-6-13(11)14(18)15(19)20/h11-14H,2-10H2,1H3,(H,19,20). The summed E-state index contributed by atoms with van der Waals surface area (Å²) in [6, 6.07) is -0.250. The number of aliphatic carboxylic acids is 1. The number of carboxylic acids is 1. The van der Waals surface area contributed by atoms with E-state index in [1.165, 1.54) is 0 Å². The van der Waals surface area contributed by atoms with Gasteiger partial charge in [-0.15, -0.1) is 0 Å². The first-order chi connectivity index (χ1) is 10.1. The lowest BCUT2D eigenvalue weighted by Crippen LogP contribution is -2.50. The van der Waals surface area contributed by atoms with Gasteiger partial charge < -0.3 is 14.9 Å². The number of nitrogens with zero attached hydrogens (tertiary/aromatic N) is 2. The Morgan fingerprint density at radius 2 is 2.00 bits per heavy atom. The molecule has 5 nitrogen and oxygen atoms in total. The molecular formula is C16H26N2O3. The third-order valence-electron chi connectivity index (χ3n) is 5.38. The van der Waals surface area contributed by atoms with Crippen LogP contribution in [0.4, 0.5) is 4.79 Å². The van der Waals surface area contributed by atoms with Gasteiger partial charge in [0.15, 0.2) is 0 Å². The summed E-state index contributed by atoms with van der Waals surface area (Å²) in [6.07, 6.45) is 7.37. The van der Waals surface area contributed by atoms with Crippen molar-refractivity contribution in [2.45, 2.75) is 64.0 Å². The zero-order valence-corrected chi connectivity index (χ0v) is 12.8. The number of unbranched alkanes of at least 4 members (excludes halogenated alkanes) is 1. The van der Waals surface area contributed by atoms with Gasteiger partial charge in [0.2, 0.25) is 0 Å². The maximum absolute atomic E-state index is 12.9. The fourth-order valence-corrected chi connectivity index (χ4v) is 4.13. The van der Waals surface area contributed by atoms with Crippen LogP contribution in [0.2, 0.25) is 0 Å². The summed E-state index contributed by atoms with van der Waals surface area (Å²) < 4.78 is 0. The second-order valence-corrected chi connectivity index (χ2v) is 6.85. The molecule has 0 radical (unpaired) electrons. The lowest BCUT2D eigenvalue weighted by Gasteiger charge is -2.31. The van der Waals surface area contributed by atoms with Crippen molar-refractivity contribution in [2.75, 3.05) is 13.1 Å². The third kappa shape index (κ3) is 2.74. The van der Waals surface area contributed by atoms with Crippen LogP contribution >= 0.6 is 0 Å². The predicted octanol–water partition coefficient (Wildman–Crippen LogP) is 2.56. The van der Waals surface area contributed by atoms with E-state index in [4.69, 9.17) is 0 Å². The second kappa shape index (κ2) is 5.85. The van der Waals surface area contributed by atoms with Crippen molar-refractivity contribution in [1.82, 2.24) is 9.80 Å². The first-order valence-corrected chi connectivity index (χ1v) is 8.43. The summed E-state index contributed by atoms with van der Waals surface area (Å²) in [5.74, 6) is -0.232. The molecule has 3 unspecified atom stereocenters. The van der Waals surface area contributed by atoms with Crippen molar-refractivity contribution < 1.29 is 14.7 Å². The van der Waals surface area contributed by atoms with Crippen LogP contribution in [0.5, 0.6) is 0 Å². The molecule has 0 aromatic carbocycles. The topological polar surface area (TPSA) is 60.9 Å². The molecule has 2 amide bonds. The molecule has 118 valence electrons. The Bertz CT molecular complexity index is 422. The van der Waals surface area contributed by atoms with Crippen LogP contribution in [0.3, 0.4) is 0 Å². The quantitative estimate of drug-likeness (QED) is 0.847. The number of carbonyl (C=O) groups excluding carboxylic acids is 1. The molecule has 2 aliphatic carbocycles. The van der Waals surface area contributed by atoms with E-state index in [1.807, 2.05) is 4.90 Å². The Hall–Kier alpha value is -1.26. The molecule has 3 aliphatic rings. The largest absolute Gasteiger partial charge is 0.480 e. The highest BCUT2D eigenvalue weighted by molar-refractivity contribution is 5.84. The van der Waals surface area contributed by atoms with E-state index in [0.29, 0.717) is 18.5 Å². The van der Waals surface area contributed by atoms with E-state index in [1.54, 1.807) is 4.90 Å². The zero-order chi connectivity index (χ0) is 15.0. The van der Waals surface area contributed by atoms with Gasteiger partial charge >= 0.3 is 12.0 Å². The Labute approximate surface area is 126 Å². The van der Waals surface area contributed by atoms with Crippen molar-refractivity contribution in [2.24, 2.45) is 11.8 Å². The van der Waals surface area contributed by atoms with Crippen molar-refractivity contribution in [3.8, 4) is 0 Å². The van der Waals surface area contributed by atoms with Crippen molar-refractivity contribution >= 4 is 12.0 Å². The predicted molar refractivity (Wildman–Crippen MR) is 79.0 cm³/mol. The fraction of sp³-hybridized carbons (Fsp3) is 0.875. The average Bonchev–Trinajstić information content (AvgIpc) is 3.06. The number of hydrogen-bond acceptors (Lipinski definition) is 2. The van der Waals surface area contributed by atoms with Crippen LogP contribution < -0.4 is 0 Å². The molecule has 1 N–H and O–H groups in total. The first-order valence-electron chi connectivity index (χ1n) is 8.43. The van der Waals surface area contributed by atoms with Crippen LogP contribution in [0.15, 0.2) is 0 Å². The van der Waals surface area contributed by atoms with Crippen LogP contribution in [0.1, 0.15) is 51.9 Å². The summed E-state index contributed by atoms with van der Waals surface area (Å²) in [6.45, 7) is 3.55. The molecule has 0 aromatic heterocycles. The molecule has 21 heavy (non-hydrogen) atoms. The number of amides is 2. The Morgan fingerprint density at radius 3 is 2.62 bits per heavy atom. The highest BCUT2D eigenvalue weighted by Gasteiger charge is 2.51. The van der Waals surface area contributed by atoms with Gasteiger partial charge in [0.25, 0.3) is 0 Å². The molecule has 2 saturated carbocycles. The summed E-state index contributed by atoms with van der Waals surface area (Å²) in [7, 11) is 0. The Balaban J connectivity index is 1.74. The summed E-state index contributed by atoms with van der Waals surface area (Å²) in [4.78, 5) is 28.2. The molecule has 1 saturated heterocycles. The van der Waals surface area contributed by atoms with Gasteiger partial charge in [-0.05, 0) is 43.9 Å². The van der Waals surface area contributed by atoms with Gasteiger partial charge in [-0.2, -0.15) is 0 Å². The third-order valence-corrected chi connectivity index (χ3v) is 5.38. The minimum atomic E-state index is -0.816. The zero-order valence-electron chi connectivity index (χ0n) is 12.8. The molecule has 3 atom stereocenters. The van der Waals surface area contributed by atoms with Gasteiger partial charge in [0, 0.05) is 19.1 Å². The smallest absolute Gasteiger partial charge is 0.326 e. The molecule has 1 heterocycles. The van der Waals surface area contributed by atoms with Gasteiger partial charge in [0.1, 0.15) is 6.04 Å². The number of likely N-dealkylation sites (tertiary alicyclic amines) is 1. The number of hydrogen-bond donors (Lipinski definition) is 1. The molecular weight excluding hydrogens is 268 g/mol. The number of fused-ring (bicyclic) bond motifs is 1. The van der Waals surface area contributed by atoms with E-state index >= 15 is 0 Å². The van der Waals surface area contributed by atoms with Crippen LogP contribution in [0.25, 0.3) is 0 Å². The maximum atomic E-state index is 12.9. The summed E-state index contributed by atoms with van der Waals surface area (Å²) in [5, 5.41) is 9.58. The highest BCUT2D eigenvalue weighted by Crippen LogP contribution is 2.43. The fourth-order valence-electron chi connectivity index (χ4n) is 4.13. The normalized spacial score (nSPS) is 31.3. The molecule has 5 heteroatoms. The van der Waals surface area contributed by atoms with E-state index < -0.39 is 12.0 Å². The minimum absolute atomic E-state index is 0.0206. The maximum Gasteiger partial charge on any atom is 0.326 e. The van der Waals surface area contributed by atoms with Crippen molar-refractivity contribution in [1.29, 1.82) is 0 Å². The lowest BCUT2D eigenvalue weighted by atomic mass is 9.94. The van der Waals surface area contributed by atoms with Crippen LogP contribution in [-0.2, 0) is 4.79 Å². The molecule has 1 aliphatic heterocycles. The van der Waals surface area contributed by atoms with Crippen molar-refractivity contribution in [3.05, 3.63) is 0 Å². The number of carbonyl (C=O) groups is 2. The SMILES string of the molecule is CCCCN(C(=O)N1CC2CCCC2C1C(=O)O)C1CC1. The average molecular weight is 294 g/mol. The number of carboxylic acid groups (broad SMARTS) is 1. The number of rotatable bonds is 5. The lowest BCUT2D eigenvalue weighted by molar-refractivity contribution is -0.142. The second-order valence-electron chi connectivity index (χ2n) is 6.85.